The van der Waals surface area contributed by atoms with Gasteiger partial charge in [0.2, 0.25) is 5.95 Å². The van der Waals surface area contributed by atoms with Crippen molar-refractivity contribution in [3.8, 4) is 11.5 Å². The number of anilines is 2. The quantitative estimate of drug-likeness (QED) is 0.635. The molecule has 3 rings (SSSR count). The molecule has 138 valence electrons. The zero-order valence-electron chi connectivity index (χ0n) is 15.3. The summed E-state index contributed by atoms with van der Waals surface area (Å²) in [7, 11) is 0. The molecule has 6 heteroatoms. The molecule has 2 aromatic carbocycles. The fourth-order valence-corrected chi connectivity index (χ4v) is 2.34. The average molecular weight is 362 g/mol. The number of hydrogen-bond donors (Lipinski definition) is 2. The number of para-hydroxylation sites is 3. The molecule has 6 nitrogen and oxygen atoms in total. The van der Waals surface area contributed by atoms with Crippen LogP contribution in [-0.4, -0.2) is 21.9 Å². The van der Waals surface area contributed by atoms with Crippen LogP contribution in [0.1, 0.15) is 30.8 Å². The summed E-state index contributed by atoms with van der Waals surface area (Å²) in [6.07, 6.45) is 2.50. The fourth-order valence-electron chi connectivity index (χ4n) is 2.34. The highest BCUT2D eigenvalue weighted by Crippen LogP contribution is 2.29. The molecule has 1 amide bonds. The second-order valence-corrected chi connectivity index (χ2v) is 6.08. The largest absolute Gasteiger partial charge is 0.455 e. The molecule has 1 heterocycles. The Balaban J connectivity index is 1.76. The Hall–Kier alpha value is -3.41. The maximum atomic E-state index is 12.6. The minimum absolute atomic E-state index is 0.225. The van der Waals surface area contributed by atoms with Crippen LogP contribution in [0.15, 0.2) is 66.9 Å². The van der Waals surface area contributed by atoms with Gasteiger partial charge in [-0.15, -0.1) is 0 Å². The van der Waals surface area contributed by atoms with Gasteiger partial charge < -0.3 is 15.4 Å². The fraction of sp³-hybridized carbons (Fsp3) is 0.190. The first-order valence-corrected chi connectivity index (χ1v) is 8.88. The van der Waals surface area contributed by atoms with Crippen LogP contribution < -0.4 is 15.4 Å². The lowest BCUT2D eigenvalue weighted by atomic mass is 10.2. The summed E-state index contributed by atoms with van der Waals surface area (Å²) in [4.78, 5) is 21.1. The molecule has 3 aromatic rings. The predicted octanol–water partition coefficient (Wildman–Crippen LogP) is 4.73. The SMILES string of the molecule is CCC(C)Nc1nccc(C(=O)Nc2ccccc2Oc2ccccc2)n1. The number of hydrogen-bond acceptors (Lipinski definition) is 5. The van der Waals surface area contributed by atoms with Crippen molar-refractivity contribution in [1.82, 2.24) is 9.97 Å². The lowest BCUT2D eigenvalue weighted by molar-refractivity contribution is 0.102. The summed E-state index contributed by atoms with van der Waals surface area (Å²) in [5.41, 5.74) is 0.853. The van der Waals surface area contributed by atoms with Gasteiger partial charge in [-0.2, -0.15) is 0 Å². The van der Waals surface area contributed by atoms with Crippen molar-refractivity contribution in [2.45, 2.75) is 26.3 Å². The van der Waals surface area contributed by atoms with Crippen molar-refractivity contribution in [2.75, 3.05) is 10.6 Å². The number of rotatable bonds is 7. The third kappa shape index (κ3) is 5.04. The minimum Gasteiger partial charge on any atom is -0.455 e. The normalized spacial score (nSPS) is 11.5. The van der Waals surface area contributed by atoms with E-state index in [4.69, 9.17) is 4.74 Å². The smallest absolute Gasteiger partial charge is 0.274 e. The Morgan fingerprint density at radius 3 is 2.59 bits per heavy atom. The van der Waals surface area contributed by atoms with E-state index in [0.29, 0.717) is 23.1 Å². The second-order valence-electron chi connectivity index (χ2n) is 6.08. The van der Waals surface area contributed by atoms with Gasteiger partial charge in [0.25, 0.3) is 5.91 Å². The number of amides is 1. The molecule has 0 saturated heterocycles. The van der Waals surface area contributed by atoms with Gasteiger partial charge >= 0.3 is 0 Å². The van der Waals surface area contributed by atoms with Crippen LogP contribution in [0.25, 0.3) is 0 Å². The maximum Gasteiger partial charge on any atom is 0.274 e. The van der Waals surface area contributed by atoms with Crippen molar-refractivity contribution in [1.29, 1.82) is 0 Å². The first-order valence-electron chi connectivity index (χ1n) is 8.88. The average Bonchev–Trinajstić information content (AvgIpc) is 2.70. The lowest BCUT2D eigenvalue weighted by Gasteiger charge is -2.13. The Bertz CT molecular complexity index is 899. The van der Waals surface area contributed by atoms with Gasteiger partial charge in [-0.3, -0.25) is 4.79 Å². The van der Waals surface area contributed by atoms with Gasteiger partial charge in [0.05, 0.1) is 5.69 Å². The molecule has 0 bridgehead atoms. The van der Waals surface area contributed by atoms with Gasteiger partial charge in [0.1, 0.15) is 11.4 Å². The topological polar surface area (TPSA) is 76.1 Å². The molecular weight excluding hydrogens is 340 g/mol. The number of benzene rings is 2. The van der Waals surface area contributed by atoms with Crippen LogP contribution >= 0.6 is 0 Å². The van der Waals surface area contributed by atoms with Gasteiger partial charge in [0, 0.05) is 12.2 Å². The molecule has 0 saturated carbocycles. The first-order chi connectivity index (χ1) is 13.2. The van der Waals surface area contributed by atoms with Crippen LogP contribution in [0, 0.1) is 0 Å². The molecule has 0 fully saturated rings. The number of carbonyl (C=O) groups is 1. The monoisotopic (exact) mass is 362 g/mol. The van der Waals surface area contributed by atoms with Crippen molar-refractivity contribution in [3.63, 3.8) is 0 Å². The highest BCUT2D eigenvalue weighted by Gasteiger charge is 2.13. The third-order valence-electron chi connectivity index (χ3n) is 3.98. The molecule has 0 aliphatic rings. The third-order valence-corrected chi connectivity index (χ3v) is 3.98. The number of carbonyl (C=O) groups excluding carboxylic acids is 1. The molecular formula is C21H22N4O2. The highest BCUT2D eigenvalue weighted by atomic mass is 16.5. The molecule has 1 unspecified atom stereocenters. The molecule has 0 aliphatic heterocycles. The van der Waals surface area contributed by atoms with Crippen LogP contribution in [0.3, 0.4) is 0 Å². The van der Waals surface area contributed by atoms with E-state index in [2.05, 4.69) is 27.5 Å². The van der Waals surface area contributed by atoms with E-state index in [1.165, 1.54) is 0 Å². The minimum atomic E-state index is -0.325. The second kappa shape index (κ2) is 8.80. The van der Waals surface area contributed by atoms with E-state index in [0.717, 1.165) is 6.42 Å². The van der Waals surface area contributed by atoms with Crippen LogP contribution in [0.5, 0.6) is 11.5 Å². The molecule has 1 atom stereocenters. The maximum absolute atomic E-state index is 12.6. The van der Waals surface area contributed by atoms with E-state index in [-0.39, 0.29) is 17.6 Å². The number of nitrogens with zero attached hydrogens (tertiary/aromatic N) is 2. The van der Waals surface area contributed by atoms with Gasteiger partial charge in [-0.05, 0) is 43.7 Å². The van der Waals surface area contributed by atoms with Gasteiger partial charge in [-0.25, -0.2) is 9.97 Å². The number of nitrogens with one attached hydrogen (secondary N) is 2. The Kier molecular flexibility index (Phi) is 5.99. The van der Waals surface area contributed by atoms with Gasteiger partial charge in [-0.1, -0.05) is 37.3 Å². The summed E-state index contributed by atoms with van der Waals surface area (Å²) in [5.74, 6) is 1.37. The molecule has 27 heavy (non-hydrogen) atoms. The highest BCUT2D eigenvalue weighted by molar-refractivity contribution is 6.03. The van der Waals surface area contributed by atoms with Crippen molar-refractivity contribution in [3.05, 3.63) is 72.6 Å². The Labute approximate surface area is 158 Å². The molecule has 0 aliphatic carbocycles. The summed E-state index contributed by atoms with van der Waals surface area (Å²) in [5, 5.41) is 6.03. The molecule has 0 spiro atoms. The standard InChI is InChI=1S/C21H22N4O2/c1-3-15(2)23-21-22-14-13-18(25-21)20(26)24-17-11-7-8-12-19(17)27-16-9-5-4-6-10-16/h4-15H,3H2,1-2H3,(H,24,26)(H,22,23,25). The molecule has 0 radical (unpaired) electrons. The van der Waals surface area contributed by atoms with E-state index in [1.807, 2.05) is 49.4 Å². The van der Waals surface area contributed by atoms with Crippen molar-refractivity contribution < 1.29 is 9.53 Å². The number of ether oxygens (including phenoxy) is 1. The van der Waals surface area contributed by atoms with Gasteiger partial charge in [0.15, 0.2) is 5.75 Å². The van der Waals surface area contributed by atoms with E-state index in [9.17, 15) is 4.79 Å². The van der Waals surface area contributed by atoms with Crippen molar-refractivity contribution >= 4 is 17.5 Å². The summed E-state index contributed by atoms with van der Waals surface area (Å²) in [6, 6.07) is 18.5. The van der Waals surface area contributed by atoms with E-state index in [1.54, 1.807) is 24.4 Å². The molecule has 2 N–H and O–H groups in total. The van der Waals surface area contributed by atoms with Crippen LogP contribution in [0.4, 0.5) is 11.6 Å². The van der Waals surface area contributed by atoms with Crippen molar-refractivity contribution in [2.24, 2.45) is 0 Å². The first kappa shape index (κ1) is 18.4. The summed E-state index contributed by atoms with van der Waals surface area (Å²) in [6.45, 7) is 4.10. The Morgan fingerprint density at radius 2 is 1.81 bits per heavy atom. The predicted molar refractivity (Wildman–Crippen MR) is 106 cm³/mol. The zero-order valence-corrected chi connectivity index (χ0v) is 15.3. The number of aromatic nitrogens is 2. The zero-order chi connectivity index (χ0) is 19.1. The van der Waals surface area contributed by atoms with E-state index >= 15 is 0 Å². The lowest BCUT2D eigenvalue weighted by Crippen LogP contribution is -2.19. The van der Waals surface area contributed by atoms with Crippen LogP contribution in [-0.2, 0) is 0 Å². The van der Waals surface area contributed by atoms with Crippen LogP contribution in [0.2, 0.25) is 0 Å². The molecule has 1 aromatic heterocycles. The summed E-state index contributed by atoms with van der Waals surface area (Å²) >= 11 is 0. The Morgan fingerprint density at radius 1 is 1.07 bits per heavy atom. The van der Waals surface area contributed by atoms with E-state index < -0.39 is 0 Å². The summed E-state index contributed by atoms with van der Waals surface area (Å²) < 4.78 is 5.88.